The van der Waals surface area contributed by atoms with Gasteiger partial charge in [0, 0.05) is 25.5 Å². The number of nitrogens with zero attached hydrogens (tertiary/aromatic N) is 2. The van der Waals surface area contributed by atoms with Crippen molar-refractivity contribution in [3.05, 3.63) is 59.9 Å². The summed E-state index contributed by atoms with van der Waals surface area (Å²) in [4.78, 5) is 18.8. The summed E-state index contributed by atoms with van der Waals surface area (Å²) < 4.78 is 5.58. The molecular weight excluding hydrogens is 288 g/mol. The third kappa shape index (κ3) is 3.52. The van der Waals surface area contributed by atoms with Crippen LogP contribution in [0.1, 0.15) is 41.6 Å². The Kier molecular flexibility index (Phi) is 4.91. The van der Waals surface area contributed by atoms with Crippen LogP contribution in [0, 0.1) is 0 Å². The lowest BCUT2D eigenvalue weighted by atomic mass is 9.90. The zero-order valence-corrected chi connectivity index (χ0v) is 13.4. The minimum Gasteiger partial charge on any atom is -0.493 e. The first kappa shape index (κ1) is 15.5. The van der Waals surface area contributed by atoms with Gasteiger partial charge in [0.15, 0.2) is 0 Å². The Morgan fingerprint density at radius 3 is 2.57 bits per heavy atom. The lowest BCUT2D eigenvalue weighted by molar-refractivity contribution is 0.0709. The number of para-hydroxylation sites is 1. The van der Waals surface area contributed by atoms with Gasteiger partial charge < -0.3 is 9.64 Å². The molecule has 4 heteroatoms. The van der Waals surface area contributed by atoms with E-state index in [4.69, 9.17) is 4.74 Å². The number of amides is 1. The van der Waals surface area contributed by atoms with Crippen LogP contribution in [0.5, 0.6) is 5.75 Å². The van der Waals surface area contributed by atoms with Gasteiger partial charge in [-0.3, -0.25) is 9.78 Å². The molecule has 2 aromatic rings. The number of ether oxygens (including phenoxy) is 1. The fourth-order valence-corrected chi connectivity index (χ4v) is 3.15. The zero-order valence-electron chi connectivity index (χ0n) is 13.4. The van der Waals surface area contributed by atoms with Crippen molar-refractivity contribution in [1.82, 2.24) is 9.88 Å². The second-order valence-corrected chi connectivity index (χ2v) is 5.78. The molecule has 1 aromatic heterocycles. The van der Waals surface area contributed by atoms with Gasteiger partial charge >= 0.3 is 0 Å². The van der Waals surface area contributed by atoms with Crippen LogP contribution in [-0.4, -0.2) is 35.5 Å². The number of aromatic nitrogens is 1. The largest absolute Gasteiger partial charge is 0.493 e. The summed E-state index contributed by atoms with van der Waals surface area (Å²) in [6, 6.07) is 11.7. The molecule has 1 aromatic carbocycles. The average Bonchev–Trinajstić information content (AvgIpc) is 2.63. The molecule has 23 heavy (non-hydrogen) atoms. The maximum atomic E-state index is 12.8. The van der Waals surface area contributed by atoms with Gasteiger partial charge in [0.25, 0.3) is 5.91 Å². The number of rotatable bonds is 4. The van der Waals surface area contributed by atoms with E-state index in [2.05, 4.69) is 17.1 Å². The molecule has 2 heterocycles. The van der Waals surface area contributed by atoms with Gasteiger partial charge in [0.2, 0.25) is 0 Å². The molecule has 4 nitrogen and oxygen atoms in total. The molecule has 3 rings (SSSR count). The minimum absolute atomic E-state index is 0.0715. The third-order valence-corrected chi connectivity index (χ3v) is 4.38. The van der Waals surface area contributed by atoms with Crippen LogP contribution in [-0.2, 0) is 0 Å². The number of carbonyl (C=O) groups is 1. The Morgan fingerprint density at radius 1 is 1.17 bits per heavy atom. The molecule has 0 aliphatic carbocycles. The quantitative estimate of drug-likeness (QED) is 0.868. The van der Waals surface area contributed by atoms with Crippen LogP contribution < -0.4 is 4.74 Å². The molecule has 0 N–H and O–H groups in total. The molecule has 1 saturated heterocycles. The van der Waals surface area contributed by atoms with Gasteiger partial charge in [0.05, 0.1) is 12.2 Å². The van der Waals surface area contributed by atoms with Crippen molar-refractivity contribution in [2.24, 2.45) is 0 Å². The molecule has 0 saturated carbocycles. The predicted octanol–water partition coefficient (Wildman–Crippen LogP) is 3.50. The highest BCUT2D eigenvalue weighted by atomic mass is 16.5. The van der Waals surface area contributed by atoms with Crippen LogP contribution in [0.3, 0.4) is 0 Å². The summed E-state index contributed by atoms with van der Waals surface area (Å²) >= 11 is 0. The molecule has 0 spiro atoms. The Bertz CT molecular complexity index is 649. The van der Waals surface area contributed by atoms with E-state index < -0.39 is 0 Å². The molecule has 1 amide bonds. The average molecular weight is 310 g/mol. The first-order valence-corrected chi connectivity index (χ1v) is 8.20. The molecule has 0 bridgehead atoms. The highest BCUT2D eigenvalue weighted by Crippen LogP contribution is 2.29. The number of pyridine rings is 1. The van der Waals surface area contributed by atoms with Gasteiger partial charge in [-0.2, -0.15) is 0 Å². The molecule has 120 valence electrons. The van der Waals surface area contributed by atoms with Crippen molar-refractivity contribution in [2.45, 2.75) is 25.7 Å². The monoisotopic (exact) mass is 310 g/mol. The SMILES string of the molecule is CCOc1ccccc1C(=O)N1CCC(c2ccncc2)CC1. The molecule has 1 fully saturated rings. The van der Waals surface area contributed by atoms with Crippen molar-refractivity contribution < 1.29 is 9.53 Å². The fraction of sp³-hybridized carbons (Fsp3) is 0.368. The van der Waals surface area contributed by atoms with Gasteiger partial charge in [0.1, 0.15) is 5.75 Å². The lowest BCUT2D eigenvalue weighted by Crippen LogP contribution is -2.38. The lowest BCUT2D eigenvalue weighted by Gasteiger charge is -2.32. The molecule has 0 unspecified atom stereocenters. The van der Waals surface area contributed by atoms with E-state index in [9.17, 15) is 4.79 Å². The van der Waals surface area contributed by atoms with Crippen molar-refractivity contribution in [1.29, 1.82) is 0 Å². The summed E-state index contributed by atoms with van der Waals surface area (Å²) in [6.07, 6.45) is 5.66. The third-order valence-electron chi connectivity index (χ3n) is 4.38. The molecule has 0 atom stereocenters. The van der Waals surface area contributed by atoms with E-state index in [0.717, 1.165) is 25.9 Å². The molecule has 1 aliphatic heterocycles. The summed E-state index contributed by atoms with van der Waals surface area (Å²) in [5, 5.41) is 0. The standard InChI is InChI=1S/C19H22N2O2/c1-2-23-18-6-4-3-5-17(18)19(22)21-13-9-16(10-14-21)15-7-11-20-12-8-15/h3-8,11-12,16H,2,9-10,13-14H2,1H3. The van der Waals surface area contributed by atoms with Crippen molar-refractivity contribution in [2.75, 3.05) is 19.7 Å². The van der Waals surface area contributed by atoms with E-state index in [1.807, 2.05) is 48.5 Å². The van der Waals surface area contributed by atoms with E-state index in [1.54, 1.807) is 0 Å². The number of hydrogen-bond donors (Lipinski definition) is 0. The van der Waals surface area contributed by atoms with Gasteiger partial charge in [-0.25, -0.2) is 0 Å². The molecule has 0 radical (unpaired) electrons. The number of hydrogen-bond acceptors (Lipinski definition) is 3. The van der Waals surface area contributed by atoms with Gasteiger partial charge in [-0.1, -0.05) is 12.1 Å². The summed E-state index contributed by atoms with van der Waals surface area (Å²) in [6.45, 7) is 4.06. The zero-order chi connectivity index (χ0) is 16.1. The van der Waals surface area contributed by atoms with Gasteiger partial charge in [-0.05, 0) is 55.5 Å². The highest BCUT2D eigenvalue weighted by molar-refractivity contribution is 5.97. The van der Waals surface area contributed by atoms with E-state index in [-0.39, 0.29) is 5.91 Å². The Labute approximate surface area is 137 Å². The Hall–Kier alpha value is -2.36. The van der Waals surface area contributed by atoms with Crippen LogP contribution in [0.15, 0.2) is 48.8 Å². The number of piperidine rings is 1. The maximum Gasteiger partial charge on any atom is 0.257 e. The van der Waals surface area contributed by atoms with Crippen molar-refractivity contribution in [3.8, 4) is 5.75 Å². The second-order valence-electron chi connectivity index (χ2n) is 5.78. The van der Waals surface area contributed by atoms with Crippen molar-refractivity contribution in [3.63, 3.8) is 0 Å². The first-order chi connectivity index (χ1) is 11.3. The topological polar surface area (TPSA) is 42.4 Å². The second kappa shape index (κ2) is 7.27. The van der Waals surface area contributed by atoms with Crippen LogP contribution in [0.25, 0.3) is 0 Å². The maximum absolute atomic E-state index is 12.8. The first-order valence-electron chi connectivity index (χ1n) is 8.20. The minimum atomic E-state index is 0.0715. The smallest absolute Gasteiger partial charge is 0.257 e. The highest BCUT2D eigenvalue weighted by Gasteiger charge is 2.26. The molecule has 1 aliphatic rings. The summed E-state index contributed by atoms with van der Waals surface area (Å²) in [5.74, 6) is 1.27. The Balaban J connectivity index is 1.67. The van der Waals surface area contributed by atoms with Crippen LogP contribution >= 0.6 is 0 Å². The van der Waals surface area contributed by atoms with Crippen molar-refractivity contribution >= 4 is 5.91 Å². The molecular formula is C19H22N2O2. The number of likely N-dealkylation sites (tertiary alicyclic amines) is 1. The summed E-state index contributed by atoms with van der Waals surface area (Å²) in [7, 11) is 0. The van der Waals surface area contributed by atoms with E-state index in [0.29, 0.717) is 23.8 Å². The number of carbonyl (C=O) groups excluding carboxylic acids is 1. The Morgan fingerprint density at radius 2 is 1.87 bits per heavy atom. The van der Waals surface area contributed by atoms with Crippen LogP contribution in [0.4, 0.5) is 0 Å². The van der Waals surface area contributed by atoms with E-state index >= 15 is 0 Å². The van der Waals surface area contributed by atoms with Gasteiger partial charge in [-0.15, -0.1) is 0 Å². The van der Waals surface area contributed by atoms with Crippen LogP contribution in [0.2, 0.25) is 0 Å². The van der Waals surface area contributed by atoms with E-state index in [1.165, 1.54) is 5.56 Å². The fourth-order valence-electron chi connectivity index (χ4n) is 3.15. The normalized spacial score (nSPS) is 15.4. The predicted molar refractivity (Wildman–Crippen MR) is 89.7 cm³/mol. The number of benzene rings is 1. The summed E-state index contributed by atoms with van der Waals surface area (Å²) in [5.41, 5.74) is 1.98.